The van der Waals surface area contributed by atoms with Crippen LogP contribution < -0.4 is 4.74 Å². The van der Waals surface area contributed by atoms with Crippen LogP contribution in [0, 0.1) is 0 Å². The van der Waals surface area contributed by atoms with Crippen molar-refractivity contribution >= 4 is 29.2 Å². The van der Waals surface area contributed by atoms with Crippen LogP contribution in [0.4, 0.5) is 4.39 Å². The van der Waals surface area contributed by atoms with Gasteiger partial charge in [-0.15, -0.1) is 0 Å². The molecule has 1 aromatic rings. The van der Waals surface area contributed by atoms with Gasteiger partial charge in [0.2, 0.25) is 0 Å². The fourth-order valence-corrected chi connectivity index (χ4v) is 1.44. The smallest absolute Gasteiger partial charge is 0.383 e. The second-order valence-corrected chi connectivity index (χ2v) is 3.93. The van der Waals surface area contributed by atoms with E-state index in [1.807, 2.05) is 0 Å². The molecule has 0 fully saturated rings. The van der Waals surface area contributed by atoms with Gasteiger partial charge in [0.05, 0.1) is 12.1 Å². The number of hydrogen-bond donors (Lipinski definition) is 0. The number of esters is 1. The summed E-state index contributed by atoms with van der Waals surface area (Å²) in [5.74, 6) is -3.72. The largest absolute Gasteiger partial charge is 0.464 e. The van der Waals surface area contributed by atoms with Crippen molar-refractivity contribution in [3.05, 3.63) is 28.2 Å². The van der Waals surface area contributed by atoms with E-state index < -0.39 is 11.8 Å². The summed E-state index contributed by atoms with van der Waals surface area (Å²) in [4.78, 5) is 11.0. The van der Waals surface area contributed by atoms with Crippen LogP contribution in [0.1, 0.15) is 6.92 Å². The van der Waals surface area contributed by atoms with Gasteiger partial charge in [-0.1, -0.05) is 23.2 Å². The fraction of sp³-hybridized carbons (Fsp3) is 0.300. The van der Waals surface area contributed by atoms with E-state index in [2.05, 4.69) is 4.74 Å². The van der Waals surface area contributed by atoms with E-state index in [-0.39, 0.29) is 10.8 Å². The third-order valence-electron chi connectivity index (χ3n) is 1.75. The number of ether oxygens (including phenoxy) is 2. The van der Waals surface area contributed by atoms with E-state index in [4.69, 9.17) is 27.9 Å². The predicted molar refractivity (Wildman–Crippen MR) is 58.6 cm³/mol. The van der Waals surface area contributed by atoms with Gasteiger partial charge in [0.1, 0.15) is 5.75 Å². The van der Waals surface area contributed by atoms with Crippen LogP contribution in [0.5, 0.6) is 5.75 Å². The minimum absolute atomic E-state index is 0.0152. The first-order valence-corrected chi connectivity index (χ1v) is 5.04. The molecule has 3 nitrogen and oxygen atoms in total. The SMILES string of the molecule is COC(=O)C(C)(F)Oc1ccc(Cl)cc1Cl. The molecule has 0 aliphatic heterocycles. The molecule has 0 spiro atoms. The standard InChI is InChI=1S/C10H9Cl2FO3/c1-10(13,9(14)15-2)16-8-4-3-6(11)5-7(8)12/h3-5H,1-2H3. The number of hydrogen-bond acceptors (Lipinski definition) is 3. The first-order valence-electron chi connectivity index (χ1n) is 4.28. The van der Waals surface area contributed by atoms with E-state index in [0.717, 1.165) is 14.0 Å². The second-order valence-electron chi connectivity index (χ2n) is 3.09. The van der Waals surface area contributed by atoms with Gasteiger partial charge in [-0.3, -0.25) is 0 Å². The van der Waals surface area contributed by atoms with E-state index in [9.17, 15) is 9.18 Å². The fourth-order valence-electron chi connectivity index (χ4n) is 0.988. The zero-order valence-corrected chi connectivity index (χ0v) is 10.1. The van der Waals surface area contributed by atoms with Crippen LogP contribution in [0.3, 0.4) is 0 Å². The van der Waals surface area contributed by atoms with Gasteiger partial charge in [0.15, 0.2) is 0 Å². The Kier molecular flexibility index (Phi) is 3.99. The molecule has 0 heterocycles. The molecule has 0 bridgehead atoms. The third kappa shape index (κ3) is 3.00. The molecular weight excluding hydrogens is 258 g/mol. The summed E-state index contributed by atoms with van der Waals surface area (Å²) >= 11 is 11.4. The molecular formula is C10H9Cl2FO3. The van der Waals surface area contributed by atoms with Crippen molar-refractivity contribution in [2.75, 3.05) is 7.11 Å². The first kappa shape index (κ1) is 13.1. The Morgan fingerprint density at radius 2 is 2.06 bits per heavy atom. The van der Waals surface area contributed by atoms with Crippen molar-refractivity contribution in [1.82, 2.24) is 0 Å². The van der Waals surface area contributed by atoms with Gasteiger partial charge >= 0.3 is 11.8 Å². The van der Waals surface area contributed by atoms with Crippen LogP contribution in [0.25, 0.3) is 0 Å². The van der Waals surface area contributed by atoms with Crippen molar-refractivity contribution in [2.45, 2.75) is 12.8 Å². The molecule has 0 aliphatic rings. The van der Waals surface area contributed by atoms with Crippen molar-refractivity contribution in [3.8, 4) is 5.75 Å². The van der Waals surface area contributed by atoms with Crippen LogP contribution in [-0.4, -0.2) is 18.9 Å². The Morgan fingerprint density at radius 1 is 1.44 bits per heavy atom. The molecule has 0 amide bonds. The van der Waals surface area contributed by atoms with Crippen LogP contribution in [0.15, 0.2) is 18.2 Å². The number of methoxy groups -OCH3 is 1. The number of alkyl halides is 1. The monoisotopic (exact) mass is 266 g/mol. The van der Waals surface area contributed by atoms with Crippen LogP contribution >= 0.6 is 23.2 Å². The predicted octanol–water partition coefficient (Wildman–Crippen LogP) is 3.23. The third-order valence-corrected chi connectivity index (χ3v) is 2.28. The van der Waals surface area contributed by atoms with Gasteiger partial charge in [-0.25, -0.2) is 4.79 Å². The number of rotatable bonds is 3. The van der Waals surface area contributed by atoms with Gasteiger partial charge in [0, 0.05) is 11.9 Å². The lowest BCUT2D eigenvalue weighted by atomic mass is 10.3. The average molecular weight is 267 g/mol. The normalized spacial score (nSPS) is 14.1. The maximum Gasteiger partial charge on any atom is 0.383 e. The summed E-state index contributed by atoms with van der Waals surface area (Å²) < 4.78 is 22.7. The van der Waals surface area contributed by atoms with Crippen LogP contribution in [-0.2, 0) is 9.53 Å². The Morgan fingerprint density at radius 3 is 2.56 bits per heavy atom. The number of carbonyl (C=O) groups is 1. The molecule has 0 radical (unpaired) electrons. The Labute approximate surface area is 102 Å². The molecule has 0 saturated carbocycles. The Bertz CT molecular complexity index is 407. The second kappa shape index (κ2) is 4.89. The van der Waals surface area contributed by atoms with E-state index in [1.54, 1.807) is 0 Å². The summed E-state index contributed by atoms with van der Waals surface area (Å²) in [5, 5.41) is 0.497. The highest BCUT2D eigenvalue weighted by atomic mass is 35.5. The highest BCUT2D eigenvalue weighted by molar-refractivity contribution is 6.35. The van der Waals surface area contributed by atoms with Crippen molar-refractivity contribution in [2.24, 2.45) is 0 Å². The first-order chi connectivity index (χ1) is 7.36. The topological polar surface area (TPSA) is 35.5 Å². The summed E-state index contributed by atoms with van der Waals surface area (Å²) in [6.07, 6.45) is 0. The van der Waals surface area contributed by atoms with Gasteiger partial charge < -0.3 is 9.47 Å². The maximum absolute atomic E-state index is 13.7. The minimum atomic E-state index is -2.59. The molecule has 1 atom stereocenters. The van der Waals surface area contributed by atoms with Gasteiger partial charge in [-0.05, 0) is 18.2 Å². The summed E-state index contributed by atoms with van der Waals surface area (Å²) in [7, 11) is 1.06. The number of carbonyl (C=O) groups excluding carboxylic acids is 1. The molecule has 0 aliphatic carbocycles. The molecule has 88 valence electrons. The lowest BCUT2D eigenvalue weighted by Crippen LogP contribution is -2.37. The summed E-state index contributed by atoms with van der Waals surface area (Å²) in [6.45, 7) is 0.934. The van der Waals surface area contributed by atoms with Crippen LogP contribution in [0.2, 0.25) is 10.0 Å². The molecule has 16 heavy (non-hydrogen) atoms. The Balaban J connectivity index is 2.92. The zero-order valence-electron chi connectivity index (χ0n) is 8.59. The molecule has 1 aromatic carbocycles. The van der Waals surface area contributed by atoms with Crippen molar-refractivity contribution < 1.29 is 18.7 Å². The molecule has 1 rings (SSSR count). The van der Waals surface area contributed by atoms with Gasteiger partial charge in [0.25, 0.3) is 0 Å². The minimum Gasteiger partial charge on any atom is -0.464 e. The molecule has 0 saturated heterocycles. The van der Waals surface area contributed by atoms with E-state index in [0.29, 0.717) is 5.02 Å². The number of benzene rings is 1. The van der Waals surface area contributed by atoms with E-state index in [1.165, 1.54) is 18.2 Å². The number of halogens is 3. The molecule has 1 unspecified atom stereocenters. The summed E-state index contributed by atoms with van der Waals surface area (Å²) in [6, 6.07) is 4.22. The van der Waals surface area contributed by atoms with Gasteiger partial charge in [-0.2, -0.15) is 4.39 Å². The van der Waals surface area contributed by atoms with Crippen molar-refractivity contribution in [3.63, 3.8) is 0 Å². The quantitative estimate of drug-likeness (QED) is 0.788. The molecule has 0 N–H and O–H groups in total. The van der Waals surface area contributed by atoms with Crippen molar-refractivity contribution in [1.29, 1.82) is 0 Å². The zero-order chi connectivity index (χ0) is 12.3. The average Bonchev–Trinajstić information content (AvgIpc) is 2.21. The Hall–Kier alpha value is -1.000. The lowest BCUT2D eigenvalue weighted by molar-refractivity contribution is -0.174. The molecule has 6 heteroatoms. The highest BCUT2D eigenvalue weighted by Crippen LogP contribution is 2.31. The molecule has 0 aromatic heterocycles. The van der Waals surface area contributed by atoms with E-state index >= 15 is 0 Å². The maximum atomic E-state index is 13.7. The summed E-state index contributed by atoms with van der Waals surface area (Å²) in [5.41, 5.74) is 0. The lowest BCUT2D eigenvalue weighted by Gasteiger charge is -2.19. The highest BCUT2D eigenvalue weighted by Gasteiger charge is 2.37.